The third-order valence-corrected chi connectivity index (χ3v) is 4.23. The van der Waals surface area contributed by atoms with Crippen molar-refractivity contribution in [2.24, 2.45) is 5.92 Å². The van der Waals surface area contributed by atoms with E-state index in [0.717, 1.165) is 31.4 Å². The van der Waals surface area contributed by atoms with Crippen LogP contribution in [0.1, 0.15) is 45.2 Å². The zero-order valence-corrected chi connectivity index (χ0v) is 13.8. The monoisotopic (exact) mass is 290 g/mol. The fraction of sp³-hybridized carbons (Fsp3) is 0.667. The van der Waals surface area contributed by atoms with E-state index in [9.17, 15) is 0 Å². The molecular weight excluding hydrogens is 260 g/mol. The number of ether oxygens (including phenoxy) is 1. The van der Waals surface area contributed by atoms with Crippen LogP contribution in [0.25, 0.3) is 0 Å². The molecule has 1 fully saturated rings. The second kappa shape index (κ2) is 8.40. The van der Waals surface area contributed by atoms with Gasteiger partial charge < -0.3 is 15.0 Å². The van der Waals surface area contributed by atoms with Crippen LogP contribution in [0.3, 0.4) is 0 Å². The lowest BCUT2D eigenvalue weighted by atomic mass is 9.98. The van der Waals surface area contributed by atoms with Gasteiger partial charge >= 0.3 is 0 Å². The standard InChI is InChI=1S/C18H30N2O/c1-4-19-17(14-20-12-8-9-15(3)13-20)16-10-6-7-11-18(16)21-5-2/h6-7,10-11,15,17,19H,4-5,8-9,12-14H2,1-3H3. The van der Waals surface area contributed by atoms with Gasteiger partial charge in [-0.2, -0.15) is 0 Å². The molecule has 1 saturated heterocycles. The van der Waals surface area contributed by atoms with Gasteiger partial charge in [0.25, 0.3) is 0 Å². The van der Waals surface area contributed by atoms with E-state index in [1.807, 2.05) is 6.92 Å². The molecule has 0 spiro atoms. The summed E-state index contributed by atoms with van der Waals surface area (Å²) in [5, 5.41) is 3.64. The molecule has 1 aliphatic heterocycles. The van der Waals surface area contributed by atoms with Crippen molar-refractivity contribution in [3.8, 4) is 5.75 Å². The summed E-state index contributed by atoms with van der Waals surface area (Å²) in [4.78, 5) is 2.60. The summed E-state index contributed by atoms with van der Waals surface area (Å²) in [6, 6.07) is 8.80. The van der Waals surface area contributed by atoms with E-state index in [1.165, 1.54) is 31.5 Å². The minimum atomic E-state index is 0.350. The Balaban J connectivity index is 2.10. The number of hydrogen-bond acceptors (Lipinski definition) is 3. The Kier molecular flexibility index (Phi) is 6.52. The van der Waals surface area contributed by atoms with Crippen molar-refractivity contribution < 1.29 is 4.74 Å². The van der Waals surface area contributed by atoms with Crippen molar-refractivity contribution in [2.45, 2.75) is 39.7 Å². The van der Waals surface area contributed by atoms with Gasteiger partial charge in [0.15, 0.2) is 0 Å². The predicted molar refractivity (Wildman–Crippen MR) is 88.9 cm³/mol. The number of likely N-dealkylation sites (N-methyl/N-ethyl adjacent to an activating group) is 1. The average molecular weight is 290 g/mol. The highest BCUT2D eigenvalue weighted by Crippen LogP contribution is 2.27. The van der Waals surface area contributed by atoms with E-state index in [4.69, 9.17) is 4.74 Å². The highest BCUT2D eigenvalue weighted by molar-refractivity contribution is 5.36. The van der Waals surface area contributed by atoms with Crippen molar-refractivity contribution in [3.63, 3.8) is 0 Å². The molecule has 1 aliphatic rings. The first-order chi connectivity index (χ1) is 10.2. The van der Waals surface area contributed by atoms with Gasteiger partial charge in [-0.25, -0.2) is 0 Å². The maximum atomic E-state index is 5.82. The molecule has 2 rings (SSSR count). The number of rotatable bonds is 7. The Labute approximate surface area is 129 Å². The van der Waals surface area contributed by atoms with Crippen LogP contribution in [0.4, 0.5) is 0 Å². The first-order valence-corrected chi connectivity index (χ1v) is 8.42. The van der Waals surface area contributed by atoms with Crippen molar-refractivity contribution >= 4 is 0 Å². The molecule has 3 heteroatoms. The molecule has 0 aromatic heterocycles. The van der Waals surface area contributed by atoms with Gasteiger partial charge in [-0.05, 0) is 44.8 Å². The molecule has 0 radical (unpaired) electrons. The van der Waals surface area contributed by atoms with Crippen LogP contribution in [0.2, 0.25) is 0 Å². The Morgan fingerprint density at radius 3 is 2.86 bits per heavy atom. The number of piperidine rings is 1. The molecule has 1 aromatic rings. The number of nitrogens with one attached hydrogen (secondary N) is 1. The van der Waals surface area contributed by atoms with Gasteiger partial charge in [0, 0.05) is 24.7 Å². The van der Waals surface area contributed by atoms with Gasteiger partial charge in [-0.15, -0.1) is 0 Å². The van der Waals surface area contributed by atoms with E-state index in [-0.39, 0.29) is 0 Å². The number of para-hydroxylation sites is 1. The lowest BCUT2D eigenvalue weighted by Gasteiger charge is -2.34. The molecule has 0 amide bonds. The molecule has 2 atom stereocenters. The molecule has 118 valence electrons. The Bertz CT molecular complexity index is 421. The van der Waals surface area contributed by atoms with Gasteiger partial charge in [-0.3, -0.25) is 0 Å². The molecule has 1 N–H and O–H groups in total. The number of hydrogen-bond donors (Lipinski definition) is 1. The van der Waals surface area contributed by atoms with Crippen LogP contribution in [0.5, 0.6) is 5.75 Å². The zero-order chi connectivity index (χ0) is 15.1. The second-order valence-electron chi connectivity index (χ2n) is 6.09. The first-order valence-electron chi connectivity index (χ1n) is 8.42. The smallest absolute Gasteiger partial charge is 0.124 e. The SMILES string of the molecule is CCNC(CN1CCCC(C)C1)c1ccccc1OCC. The first kappa shape index (κ1) is 16.3. The highest BCUT2D eigenvalue weighted by Gasteiger charge is 2.22. The summed E-state index contributed by atoms with van der Waals surface area (Å²) in [6.45, 7) is 11.8. The summed E-state index contributed by atoms with van der Waals surface area (Å²) in [5.74, 6) is 1.85. The van der Waals surface area contributed by atoms with E-state index in [2.05, 4.69) is 48.3 Å². The summed E-state index contributed by atoms with van der Waals surface area (Å²) in [7, 11) is 0. The van der Waals surface area contributed by atoms with E-state index in [1.54, 1.807) is 0 Å². The van der Waals surface area contributed by atoms with E-state index < -0.39 is 0 Å². The quantitative estimate of drug-likeness (QED) is 0.832. The normalized spacial score (nSPS) is 21.2. The van der Waals surface area contributed by atoms with Gasteiger partial charge in [0.2, 0.25) is 0 Å². The molecule has 1 heterocycles. The summed E-state index contributed by atoms with van der Waals surface area (Å²) >= 11 is 0. The van der Waals surface area contributed by atoms with E-state index >= 15 is 0 Å². The summed E-state index contributed by atoms with van der Waals surface area (Å²) in [6.07, 6.45) is 2.70. The van der Waals surface area contributed by atoms with E-state index in [0.29, 0.717) is 6.04 Å². The topological polar surface area (TPSA) is 24.5 Å². The fourth-order valence-electron chi connectivity index (χ4n) is 3.29. The number of nitrogens with zero attached hydrogens (tertiary/aromatic N) is 1. The number of likely N-dealkylation sites (tertiary alicyclic amines) is 1. The maximum absolute atomic E-state index is 5.82. The van der Waals surface area contributed by atoms with Crippen LogP contribution in [-0.4, -0.2) is 37.7 Å². The average Bonchev–Trinajstić information content (AvgIpc) is 2.48. The largest absolute Gasteiger partial charge is 0.494 e. The Morgan fingerprint density at radius 2 is 2.14 bits per heavy atom. The predicted octanol–water partition coefficient (Wildman–Crippen LogP) is 3.47. The minimum Gasteiger partial charge on any atom is -0.494 e. The third kappa shape index (κ3) is 4.72. The summed E-state index contributed by atoms with van der Waals surface area (Å²) < 4.78 is 5.82. The Morgan fingerprint density at radius 1 is 1.33 bits per heavy atom. The van der Waals surface area contributed by atoms with Gasteiger partial charge in [0.1, 0.15) is 5.75 Å². The Hall–Kier alpha value is -1.06. The minimum absolute atomic E-state index is 0.350. The maximum Gasteiger partial charge on any atom is 0.124 e. The number of benzene rings is 1. The van der Waals surface area contributed by atoms with Crippen molar-refractivity contribution in [2.75, 3.05) is 32.8 Å². The van der Waals surface area contributed by atoms with Crippen molar-refractivity contribution in [1.82, 2.24) is 10.2 Å². The van der Waals surface area contributed by atoms with Crippen LogP contribution in [-0.2, 0) is 0 Å². The summed E-state index contributed by atoms with van der Waals surface area (Å²) in [5.41, 5.74) is 1.29. The van der Waals surface area contributed by atoms with Gasteiger partial charge in [0.05, 0.1) is 6.61 Å². The van der Waals surface area contributed by atoms with Crippen molar-refractivity contribution in [3.05, 3.63) is 29.8 Å². The molecule has 21 heavy (non-hydrogen) atoms. The lowest BCUT2D eigenvalue weighted by molar-refractivity contribution is 0.166. The van der Waals surface area contributed by atoms with Crippen LogP contribution in [0, 0.1) is 5.92 Å². The molecular formula is C18H30N2O. The van der Waals surface area contributed by atoms with Crippen LogP contribution < -0.4 is 10.1 Å². The lowest BCUT2D eigenvalue weighted by Crippen LogP contribution is -2.40. The zero-order valence-electron chi connectivity index (χ0n) is 13.8. The molecule has 1 aromatic carbocycles. The third-order valence-electron chi connectivity index (χ3n) is 4.23. The highest BCUT2D eigenvalue weighted by atomic mass is 16.5. The molecule has 0 saturated carbocycles. The van der Waals surface area contributed by atoms with Gasteiger partial charge in [-0.1, -0.05) is 32.0 Å². The van der Waals surface area contributed by atoms with Crippen LogP contribution >= 0.6 is 0 Å². The molecule has 2 unspecified atom stereocenters. The molecule has 3 nitrogen and oxygen atoms in total. The molecule has 0 bridgehead atoms. The fourth-order valence-corrected chi connectivity index (χ4v) is 3.29. The van der Waals surface area contributed by atoms with Crippen molar-refractivity contribution in [1.29, 1.82) is 0 Å². The molecule has 0 aliphatic carbocycles. The second-order valence-corrected chi connectivity index (χ2v) is 6.09. The van der Waals surface area contributed by atoms with Crippen LogP contribution in [0.15, 0.2) is 24.3 Å².